The van der Waals surface area contributed by atoms with Gasteiger partial charge in [0.2, 0.25) is 5.91 Å². The molecule has 3 amide bonds. The molecule has 1 unspecified atom stereocenters. The van der Waals surface area contributed by atoms with Crippen molar-refractivity contribution in [3.8, 4) is 0 Å². The number of β-lactam (4-membered cyclic amide) rings is 1. The van der Waals surface area contributed by atoms with Crippen LogP contribution in [0.25, 0.3) is 6.08 Å². The first-order valence-electron chi connectivity index (χ1n) is 14.9. The summed E-state index contributed by atoms with van der Waals surface area (Å²) in [7, 11) is 0. The molecule has 0 bridgehead atoms. The largest absolute Gasteiger partial charge is 0.477 e. The van der Waals surface area contributed by atoms with E-state index in [2.05, 4.69) is 10.6 Å². The Balaban J connectivity index is 1.25. The molecule has 1 fully saturated rings. The maximum Gasteiger partial charge on any atom is 0.352 e. The molecule has 0 aliphatic carbocycles. The van der Waals surface area contributed by atoms with Crippen LogP contribution in [0.2, 0.25) is 0 Å². The molecule has 3 aromatic rings. The van der Waals surface area contributed by atoms with Crippen molar-refractivity contribution >= 4 is 53.3 Å². The first-order chi connectivity index (χ1) is 23.1. The number of nitrogens with one attached hydrogen (secondary N) is 2. The van der Waals surface area contributed by atoms with Gasteiger partial charge in [-0.05, 0) is 29.3 Å². The Hall–Kier alpha value is -5.75. The highest BCUT2D eigenvalue weighted by Crippen LogP contribution is 2.40. The molecule has 3 aromatic carbocycles. The summed E-state index contributed by atoms with van der Waals surface area (Å²) in [6, 6.07) is 21.9. The lowest BCUT2D eigenvalue weighted by Crippen LogP contribution is -2.71. The van der Waals surface area contributed by atoms with Crippen molar-refractivity contribution in [1.29, 1.82) is 0 Å². The number of esters is 1. The molecule has 2 aliphatic rings. The lowest BCUT2D eigenvalue weighted by Gasteiger charge is -2.49. The fraction of sp³-hybridized carbons (Fsp3) is 0.167. The summed E-state index contributed by atoms with van der Waals surface area (Å²) in [6.45, 7) is 0.932. The van der Waals surface area contributed by atoms with Gasteiger partial charge in [0.1, 0.15) is 29.8 Å². The van der Waals surface area contributed by atoms with E-state index in [1.807, 2.05) is 36.4 Å². The number of hydrogen-bond acceptors (Lipinski definition) is 8. The van der Waals surface area contributed by atoms with Crippen molar-refractivity contribution in [3.63, 3.8) is 0 Å². The predicted octanol–water partition coefficient (Wildman–Crippen LogP) is 3.91. The summed E-state index contributed by atoms with van der Waals surface area (Å²) in [6.07, 6.45) is 6.69. The van der Waals surface area contributed by atoms with Crippen molar-refractivity contribution < 1.29 is 38.6 Å². The van der Waals surface area contributed by atoms with Crippen LogP contribution in [-0.4, -0.2) is 69.2 Å². The number of carboxylic acid groups (broad SMARTS) is 1. The van der Waals surface area contributed by atoms with Crippen LogP contribution in [0.4, 0.5) is 0 Å². The normalized spacial score (nSPS) is 17.8. The number of ketones is 1. The minimum atomic E-state index is -1.35. The summed E-state index contributed by atoms with van der Waals surface area (Å²) in [4.78, 5) is 77.0. The first-order valence-corrected chi connectivity index (χ1v) is 15.9. The summed E-state index contributed by atoms with van der Waals surface area (Å²) in [5.41, 5.74) is 2.03. The predicted molar refractivity (Wildman–Crippen MR) is 178 cm³/mol. The molecule has 12 heteroatoms. The van der Waals surface area contributed by atoms with E-state index in [1.165, 1.54) is 49.0 Å². The Morgan fingerprint density at radius 3 is 2.23 bits per heavy atom. The number of ether oxygens (including phenoxy) is 1. The fourth-order valence-electron chi connectivity index (χ4n) is 5.14. The van der Waals surface area contributed by atoms with Gasteiger partial charge >= 0.3 is 11.9 Å². The fourth-order valence-corrected chi connectivity index (χ4v) is 6.46. The Kier molecular flexibility index (Phi) is 10.7. The van der Waals surface area contributed by atoms with Crippen LogP contribution in [0.3, 0.4) is 0 Å². The quantitative estimate of drug-likeness (QED) is 0.0857. The standard InChI is InChI=1S/C36H31N3O8S/c1-22(40)47-20-27-21-48-35-30(34(44)39(35)31(27)36(45)46)38-33(43)29(25-13-6-3-7-14-25)37-32(42)26-18-16-24(17-19-26)28(41)15-9-8-12-23-10-4-2-5-11-23/h2-19,29-30,35H,20-21H2,1H3,(H,37,42)(H,38,43)(H,45,46)/t29?,30-,35-/m1/s1. The molecule has 48 heavy (non-hydrogen) atoms. The number of carbonyl (C=O) groups is 6. The zero-order valence-electron chi connectivity index (χ0n) is 25.7. The molecule has 0 spiro atoms. The topological polar surface area (TPSA) is 159 Å². The van der Waals surface area contributed by atoms with Crippen LogP contribution in [0.15, 0.2) is 114 Å². The number of carbonyl (C=O) groups excluding carboxylic acids is 5. The van der Waals surface area contributed by atoms with Gasteiger partial charge in [0.25, 0.3) is 11.8 Å². The molecule has 2 aliphatic heterocycles. The van der Waals surface area contributed by atoms with E-state index < -0.39 is 47.1 Å². The van der Waals surface area contributed by atoms with Gasteiger partial charge in [-0.2, -0.15) is 0 Å². The van der Waals surface area contributed by atoms with E-state index in [0.29, 0.717) is 11.1 Å². The Labute approximate surface area is 280 Å². The van der Waals surface area contributed by atoms with Gasteiger partial charge in [0, 0.05) is 29.4 Å². The second kappa shape index (κ2) is 15.2. The molecule has 11 nitrogen and oxygen atoms in total. The average Bonchev–Trinajstić information content (AvgIpc) is 3.10. The van der Waals surface area contributed by atoms with Gasteiger partial charge < -0.3 is 20.5 Å². The number of aliphatic carboxylic acids is 1. The Morgan fingerprint density at radius 2 is 1.58 bits per heavy atom. The van der Waals surface area contributed by atoms with E-state index in [4.69, 9.17) is 4.74 Å². The smallest absolute Gasteiger partial charge is 0.352 e. The molecular formula is C36H31N3O8S. The van der Waals surface area contributed by atoms with Crippen LogP contribution in [0, 0.1) is 0 Å². The van der Waals surface area contributed by atoms with Crippen molar-refractivity contribution in [2.75, 3.05) is 12.4 Å². The van der Waals surface area contributed by atoms with Gasteiger partial charge in [-0.15, -0.1) is 11.8 Å². The molecule has 3 N–H and O–H groups in total. The highest BCUT2D eigenvalue weighted by Gasteiger charge is 2.54. The summed E-state index contributed by atoms with van der Waals surface area (Å²) < 4.78 is 4.96. The minimum Gasteiger partial charge on any atom is -0.477 e. The number of benzene rings is 3. The van der Waals surface area contributed by atoms with E-state index in [9.17, 15) is 33.9 Å². The van der Waals surface area contributed by atoms with Gasteiger partial charge in [-0.3, -0.25) is 28.9 Å². The first kappa shape index (κ1) is 33.6. The van der Waals surface area contributed by atoms with E-state index >= 15 is 0 Å². The van der Waals surface area contributed by atoms with Gasteiger partial charge in [-0.25, -0.2) is 4.79 Å². The van der Waals surface area contributed by atoms with Gasteiger partial charge in [-0.1, -0.05) is 91.0 Å². The van der Waals surface area contributed by atoms with Crippen molar-refractivity contribution in [2.45, 2.75) is 24.4 Å². The average molecular weight is 666 g/mol. The highest BCUT2D eigenvalue weighted by molar-refractivity contribution is 8.00. The molecule has 0 aromatic heterocycles. The van der Waals surface area contributed by atoms with Gasteiger partial charge in [0.05, 0.1) is 0 Å². The summed E-state index contributed by atoms with van der Waals surface area (Å²) in [5.74, 6) is -3.90. The highest BCUT2D eigenvalue weighted by atomic mass is 32.2. The number of amides is 3. The Bertz CT molecular complexity index is 1820. The lowest BCUT2D eigenvalue weighted by molar-refractivity contribution is -0.151. The number of hydrogen-bond donors (Lipinski definition) is 3. The van der Waals surface area contributed by atoms with Crippen molar-refractivity contribution in [1.82, 2.24) is 15.5 Å². The molecule has 1 saturated heterocycles. The van der Waals surface area contributed by atoms with Crippen molar-refractivity contribution in [3.05, 3.63) is 137 Å². The maximum absolute atomic E-state index is 13.6. The molecule has 2 heterocycles. The molecule has 0 radical (unpaired) electrons. The van der Waals surface area contributed by atoms with E-state index in [1.54, 1.807) is 42.5 Å². The molecule has 244 valence electrons. The second-order valence-corrected chi connectivity index (χ2v) is 11.9. The third-order valence-corrected chi connectivity index (χ3v) is 8.89. The monoisotopic (exact) mass is 665 g/mol. The van der Waals surface area contributed by atoms with Crippen LogP contribution >= 0.6 is 11.8 Å². The maximum atomic E-state index is 13.6. The third kappa shape index (κ3) is 7.78. The summed E-state index contributed by atoms with van der Waals surface area (Å²) in [5, 5.41) is 14.5. The molecular weight excluding hydrogens is 634 g/mol. The minimum absolute atomic E-state index is 0.174. The number of thioether (sulfide) groups is 1. The lowest BCUT2D eigenvalue weighted by atomic mass is 10.0. The number of nitrogens with zero attached hydrogens (tertiary/aromatic N) is 1. The van der Waals surface area contributed by atoms with E-state index in [-0.39, 0.29) is 35.0 Å². The number of rotatable bonds is 12. The Morgan fingerprint density at radius 1 is 0.938 bits per heavy atom. The van der Waals surface area contributed by atoms with Crippen LogP contribution in [0.1, 0.15) is 44.8 Å². The number of fused-ring (bicyclic) bond motifs is 1. The third-order valence-electron chi connectivity index (χ3n) is 7.55. The van der Waals surface area contributed by atoms with Crippen LogP contribution in [-0.2, 0) is 23.9 Å². The van der Waals surface area contributed by atoms with Crippen LogP contribution < -0.4 is 10.6 Å². The summed E-state index contributed by atoms with van der Waals surface area (Å²) >= 11 is 1.23. The SMILES string of the molecule is CC(=O)OCC1=C(C(=O)O)N2C(=O)[C@@H](NC(=O)C(NC(=O)c3ccc(C(=O)C=CC=Cc4ccccc4)cc3)c3ccccc3)[C@H]2SC1. The number of carboxylic acids is 1. The van der Waals surface area contributed by atoms with Crippen LogP contribution in [0.5, 0.6) is 0 Å². The number of allylic oxidation sites excluding steroid dienone is 3. The van der Waals surface area contributed by atoms with Gasteiger partial charge in [0.15, 0.2) is 5.78 Å². The van der Waals surface area contributed by atoms with E-state index in [0.717, 1.165) is 10.5 Å². The zero-order valence-corrected chi connectivity index (χ0v) is 26.5. The van der Waals surface area contributed by atoms with Crippen molar-refractivity contribution in [2.24, 2.45) is 0 Å². The second-order valence-electron chi connectivity index (χ2n) is 10.8. The molecule has 0 saturated carbocycles. The molecule has 5 rings (SSSR count). The zero-order chi connectivity index (χ0) is 34.2. The molecule has 3 atom stereocenters.